The number of carbonyl (C=O) groups is 2. The molecule has 1 aliphatic rings. The van der Waals surface area contributed by atoms with Gasteiger partial charge in [0, 0.05) is 31.9 Å². The Hall–Kier alpha value is -0.883. The van der Waals surface area contributed by atoms with Crippen molar-refractivity contribution in [3.8, 4) is 0 Å². The molecule has 0 aromatic carbocycles. The van der Waals surface area contributed by atoms with Crippen molar-refractivity contribution in [2.75, 3.05) is 13.2 Å². The van der Waals surface area contributed by atoms with Crippen molar-refractivity contribution >= 4 is 20.5 Å². The smallest absolute Gasteiger partial charge is 0.463 e. The monoisotopic (exact) mass is 274 g/mol. The van der Waals surface area contributed by atoms with Crippen LogP contribution in [0.4, 0.5) is 0 Å². The zero-order chi connectivity index (χ0) is 13.6. The van der Waals surface area contributed by atoms with Gasteiger partial charge in [0.25, 0.3) is 11.9 Å². The molecule has 0 N–H and O–H groups in total. The highest BCUT2D eigenvalue weighted by atomic mass is 28.4. The maximum atomic E-state index is 11.2. The molecule has 0 atom stereocenters. The van der Waals surface area contributed by atoms with Crippen LogP contribution in [0.15, 0.2) is 0 Å². The fourth-order valence-electron chi connectivity index (χ4n) is 2.08. The third-order valence-electron chi connectivity index (χ3n) is 3.08. The van der Waals surface area contributed by atoms with E-state index in [0.29, 0.717) is 18.0 Å². The SMILES string of the molecule is CC[Si](CCCC1COC1)(OC(C)=O)OC(C)=O. The van der Waals surface area contributed by atoms with E-state index in [1.54, 1.807) is 0 Å². The lowest BCUT2D eigenvalue weighted by molar-refractivity contribution is -0.139. The predicted molar refractivity (Wildman–Crippen MR) is 68.1 cm³/mol. The van der Waals surface area contributed by atoms with Crippen molar-refractivity contribution in [2.45, 2.75) is 45.7 Å². The van der Waals surface area contributed by atoms with E-state index in [9.17, 15) is 9.59 Å². The minimum absolute atomic E-state index is 0.364. The van der Waals surface area contributed by atoms with Gasteiger partial charge in [0.2, 0.25) is 0 Å². The first-order valence-corrected chi connectivity index (χ1v) is 8.67. The first-order chi connectivity index (χ1) is 8.47. The summed E-state index contributed by atoms with van der Waals surface area (Å²) in [4.78, 5) is 22.3. The Morgan fingerprint density at radius 1 is 1.22 bits per heavy atom. The Morgan fingerprint density at radius 2 is 1.78 bits per heavy atom. The van der Waals surface area contributed by atoms with E-state index in [0.717, 1.165) is 26.1 Å². The van der Waals surface area contributed by atoms with Crippen molar-refractivity contribution in [1.82, 2.24) is 0 Å². The van der Waals surface area contributed by atoms with Crippen molar-refractivity contribution in [3.05, 3.63) is 0 Å². The molecule has 0 aromatic heterocycles. The molecule has 1 aliphatic heterocycles. The quantitative estimate of drug-likeness (QED) is 0.664. The number of rotatable bonds is 7. The molecule has 1 rings (SSSR count). The highest BCUT2D eigenvalue weighted by molar-refractivity contribution is 6.70. The molecule has 1 saturated heterocycles. The largest absolute Gasteiger partial charge is 0.485 e. The predicted octanol–water partition coefficient (Wildman–Crippen LogP) is 2.00. The van der Waals surface area contributed by atoms with Crippen LogP contribution in [0.2, 0.25) is 12.1 Å². The molecule has 0 saturated carbocycles. The van der Waals surface area contributed by atoms with Gasteiger partial charge < -0.3 is 13.6 Å². The van der Waals surface area contributed by atoms with Gasteiger partial charge in [-0.15, -0.1) is 0 Å². The molecule has 0 unspecified atom stereocenters. The average Bonchev–Trinajstić information content (AvgIpc) is 2.19. The zero-order valence-electron chi connectivity index (χ0n) is 11.4. The molecule has 0 spiro atoms. The first kappa shape index (κ1) is 15.2. The van der Waals surface area contributed by atoms with Crippen LogP contribution in [0.1, 0.15) is 33.6 Å². The van der Waals surface area contributed by atoms with Crippen molar-refractivity contribution in [2.24, 2.45) is 5.92 Å². The van der Waals surface area contributed by atoms with Crippen LogP contribution in [-0.4, -0.2) is 33.7 Å². The second-order valence-electron chi connectivity index (χ2n) is 4.75. The molecule has 18 heavy (non-hydrogen) atoms. The Kier molecular flexibility index (Phi) is 5.81. The molecule has 1 fully saturated rings. The van der Waals surface area contributed by atoms with Gasteiger partial charge in [-0.3, -0.25) is 9.59 Å². The number of ether oxygens (including phenoxy) is 1. The summed E-state index contributed by atoms with van der Waals surface area (Å²) in [6.07, 6.45) is 1.95. The first-order valence-electron chi connectivity index (χ1n) is 6.44. The minimum Gasteiger partial charge on any atom is -0.485 e. The summed E-state index contributed by atoms with van der Waals surface area (Å²) in [5, 5.41) is 0. The molecule has 5 nitrogen and oxygen atoms in total. The number of hydrogen-bond donors (Lipinski definition) is 0. The topological polar surface area (TPSA) is 61.8 Å². The lowest BCUT2D eigenvalue weighted by Crippen LogP contribution is -2.44. The van der Waals surface area contributed by atoms with E-state index in [4.69, 9.17) is 13.6 Å². The Labute approximate surface area is 109 Å². The second-order valence-corrected chi connectivity index (χ2v) is 8.18. The highest BCUT2D eigenvalue weighted by Crippen LogP contribution is 2.25. The van der Waals surface area contributed by atoms with Gasteiger partial charge in [0.1, 0.15) is 0 Å². The molecule has 0 aliphatic carbocycles. The van der Waals surface area contributed by atoms with Gasteiger partial charge in [-0.2, -0.15) is 0 Å². The highest BCUT2D eigenvalue weighted by Gasteiger charge is 2.41. The second kappa shape index (κ2) is 6.89. The van der Waals surface area contributed by atoms with E-state index in [1.807, 2.05) is 6.92 Å². The molecule has 6 heteroatoms. The normalized spacial score (nSPS) is 15.9. The van der Waals surface area contributed by atoms with Gasteiger partial charge in [-0.1, -0.05) is 6.92 Å². The van der Waals surface area contributed by atoms with Gasteiger partial charge in [-0.25, -0.2) is 0 Å². The molecule has 0 aromatic rings. The summed E-state index contributed by atoms with van der Waals surface area (Å²) >= 11 is 0. The van der Waals surface area contributed by atoms with Crippen LogP contribution in [0, 0.1) is 5.92 Å². The number of carbonyl (C=O) groups excluding carboxylic acids is 2. The average molecular weight is 274 g/mol. The van der Waals surface area contributed by atoms with Crippen LogP contribution in [0.5, 0.6) is 0 Å². The summed E-state index contributed by atoms with van der Waals surface area (Å²) in [6.45, 7) is 6.27. The van der Waals surface area contributed by atoms with E-state index in [1.165, 1.54) is 13.8 Å². The van der Waals surface area contributed by atoms with Gasteiger partial charge in [0.05, 0.1) is 13.2 Å². The standard InChI is InChI=1S/C12H22O5Si/c1-4-18(16-10(2)13,17-11(3)14)7-5-6-12-8-15-9-12/h12H,4-9H2,1-3H3. The molecular weight excluding hydrogens is 252 g/mol. The summed E-state index contributed by atoms with van der Waals surface area (Å²) < 4.78 is 15.8. The summed E-state index contributed by atoms with van der Waals surface area (Å²) in [5.41, 5.74) is 0. The summed E-state index contributed by atoms with van der Waals surface area (Å²) in [7, 11) is -2.69. The van der Waals surface area contributed by atoms with E-state index >= 15 is 0 Å². The van der Waals surface area contributed by atoms with E-state index in [2.05, 4.69) is 0 Å². The zero-order valence-corrected chi connectivity index (χ0v) is 12.4. The molecule has 0 radical (unpaired) electrons. The fraction of sp³-hybridized carbons (Fsp3) is 0.833. The van der Waals surface area contributed by atoms with E-state index < -0.39 is 8.56 Å². The van der Waals surface area contributed by atoms with Crippen molar-refractivity contribution < 1.29 is 23.2 Å². The molecule has 1 heterocycles. The van der Waals surface area contributed by atoms with Gasteiger partial charge in [0.15, 0.2) is 0 Å². The lowest BCUT2D eigenvalue weighted by Gasteiger charge is -2.30. The fourth-order valence-corrected chi connectivity index (χ4v) is 4.76. The molecule has 0 bridgehead atoms. The maximum Gasteiger partial charge on any atom is 0.463 e. The Morgan fingerprint density at radius 3 is 2.11 bits per heavy atom. The van der Waals surface area contributed by atoms with Crippen LogP contribution in [-0.2, 0) is 23.2 Å². The Bertz CT molecular complexity index is 285. The van der Waals surface area contributed by atoms with Crippen LogP contribution >= 0.6 is 0 Å². The molecule has 0 amide bonds. The van der Waals surface area contributed by atoms with Crippen molar-refractivity contribution in [1.29, 1.82) is 0 Å². The number of hydrogen-bond acceptors (Lipinski definition) is 5. The van der Waals surface area contributed by atoms with Gasteiger partial charge in [-0.05, 0) is 12.8 Å². The van der Waals surface area contributed by atoms with Crippen LogP contribution < -0.4 is 0 Å². The third kappa shape index (κ3) is 4.78. The summed E-state index contributed by atoms with van der Waals surface area (Å²) in [6, 6.07) is 1.28. The van der Waals surface area contributed by atoms with Crippen molar-refractivity contribution in [3.63, 3.8) is 0 Å². The maximum absolute atomic E-state index is 11.2. The van der Waals surface area contributed by atoms with Crippen LogP contribution in [0.25, 0.3) is 0 Å². The third-order valence-corrected chi connectivity index (χ3v) is 6.59. The van der Waals surface area contributed by atoms with Gasteiger partial charge >= 0.3 is 8.56 Å². The lowest BCUT2D eigenvalue weighted by atomic mass is 10.0. The molecule has 104 valence electrons. The van der Waals surface area contributed by atoms with Crippen LogP contribution in [0.3, 0.4) is 0 Å². The molecular formula is C12H22O5Si. The minimum atomic E-state index is -2.69. The Balaban J connectivity index is 2.49. The van der Waals surface area contributed by atoms with E-state index in [-0.39, 0.29) is 11.9 Å². The summed E-state index contributed by atoms with van der Waals surface area (Å²) in [5.74, 6) is -0.114.